The predicted octanol–water partition coefficient (Wildman–Crippen LogP) is 7.61. The molecule has 1 spiro atoms. The Bertz CT molecular complexity index is 1680. The van der Waals surface area contributed by atoms with Crippen molar-refractivity contribution in [2.75, 3.05) is 32.6 Å². The number of nitrogens with one attached hydrogen (secondary N) is 1. The molecule has 11 heteroatoms. The van der Waals surface area contributed by atoms with Gasteiger partial charge in [0.2, 0.25) is 5.92 Å². The van der Waals surface area contributed by atoms with E-state index in [0.717, 1.165) is 27.6 Å². The number of halogens is 2. The van der Waals surface area contributed by atoms with Crippen LogP contribution in [0.4, 0.5) is 19.3 Å². The second-order valence-corrected chi connectivity index (χ2v) is 13.6. The maximum atomic E-state index is 14.3. The molecule has 2 aliphatic rings. The van der Waals surface area contributed by atoms with Gasteiger partial charge in [-0.3, -0.25) is 9.47 Å². The number of likely N-dealkylation sites (tertiary alicyclic amines) is 1. The fourth-order valence-electron chi connectivity index (χ4n) is 7.11. The van der Waals surface area contributed by atoms with Crippen molar-refractivity contribution < 1.29 is 32.6 Å². The maximum absolute atomic E-state index is 14.3. The number of fused-ring (bicyclic) bond motifs is 1. The van der Waals surface area contributed by atoms with Crippen molar-refractivity contribution in [3.8, 4) is 11.8 Å². The van der Waals surface area contributed by atoms with Gasteiger partial charge in [0.25, 0.3) is 0 Å². The number of esters is 1. The lowest BCUT2D eigenvalue weighted by Crippen LogP contribution is -2.53. The zero-order chi connectivity index (χ0) is 33.4. The van der Waals surface area contributed by atoms with Crippen molar-refractivity contribution in [3.63, 3.8) is 0 Å². The van der Waals surface area contributed by atoms with Crippen molar-refractivity contribution in [1.29, 1.82) is 5.26 Å². The maximum Gasteiger partial charge on any atom is 0.419 e. The molecule has 0 amide bonds. The summed E-state index contributed by atoms with van der Waals surface area (Å²) in [7, 11) is 2.92. The molecule has 1 aliphatic heterocycles. The first-order valence-corrected chi connectivity index (χ1v) is 15.6. The van der Waals surface area contributed by atoms with Crippen LogP contribution in [0.3, 0.4) is 0 Å². The lowest BCUT2D eigenvalue weighted by atomic mass is 9.58. The quantitative estimate of drug-likeness (QED) is 0.199. The summed E-state index contributed by atoms with van der Waals surface area (Å²) in [4.78, 5) is 27.9. The Morgan fingerprint density at radius 1 is 1.15 bits per heavy atom. The Morgan fingerprint density at radius 3 is 2.52 bits per heavy atom. The number of piperidine rings is 1. The molecule has 2 fully saturated rings. The van der Waals surface area contributed by atoms with E-state index in [0.29, 0.717) is 49.5 Å². The van der Waals surface area contributed by atoms with Crippen LogP contribution in [0.5, 0.6) is 5.75 Å². The van der Waals surface area contributed by atoms with Gasteiger partial charge in [0.15, 0.2) is 0 Å². The molecule has 1 N–H and O–H groups in total. The molecule has 2 aromatic carbocycles. The van der Waals surface area contributed by atoms with Crippen LogP contribution in [0.1, 0.15) is 86.0 Å². The molecular formula is C35H42F2N4O5. The number of alkyl halides is 2. The van der Waals surface area contributed by atoms with E-state index < -0.39 is 29.0 Å². The molecule has 0 bridgehead atoms. The van der Waals surface area contributed by atoms with Crippen molar-refractivity contribution >= 4 is 28.7 Å². The molecule has 9 nitrogen and oxygen atoms in total. The first kappa shape index (κ1) is 33.2. The van der Waals surface area contributed by atoms with E-state index in [1.807, 2.05) is 45.9 Å². The number of hydrogen-bond donors (Lipinski definition) is 1. The molecule has 1 atom stereocenters. The number of ether oxygens (including phenoxy) is 3. The number of methoxy groups -OCH3 is 2. The Labute approximate surface area is 268 Å². The highest BCUT2D eigenvalue weighted by atomic mass is 19.3. The number of nitrogens with zero attached hydrogens (tertiary/aromatic N) is 3. The lowest BCUT2D eigenvalue weighted by Gasteiger charge is -2.55. The van der Waals surface area contributed by atoms with Gasteiger partial charge in [0.05, 0.1) is 37.8 Å². The van der Waals surface area contributed by atoms with E-state index in [2.05, 4.69) is 16.3 Å². The average molecular weight is 637 g/mol. The Hall–Kier alpha value is -4.17. The minimum absolute atomic E-state index is 0.154. The van der Waals surface area contributed by atoms with Crippen LogP contribution in [0.2, 0.25) is 0 Å². The second kappa shape index (κ2) is 12.6. The van der Waals surface area contributed by atoms with Gasteiger partial charge >= 0.3 is 12.1 Å². The van der Waals surface area contributed by atoms with E-state index in [4.69, 9.17) is 19.5 Å². The van der Waals surface area contributed by atoms with Gasteiger partial charge in [-0.2, -0.15) is 5.26 Å². The summed E-state index contributed by atoms with van der Waals surface area (Å²) >= 11 is 0. The molecule has 1 saturated heterocycles. The highest BCUT2D eigenvalue weighted by Crippen LogP contribution is 2.61. The summed E-state index contributed by atoms with van der Waals surface area (Å²) in [5.41, 5.74) is 3.13. The van der Waals surface area contributed by atoms with Crippen molar-refractivity contribution in [2.45, 2.75) is 83.9 Å². The zero-order valence-electron chi connectivity index (χ0n) is 27.3. The van der Waals surface area contributed by atoms with E-state index in [-0.39, 0.29) is 25.3 Å². The van der Waals surface area contributed by atoms with Gasteiger partial charge in [0.1, 0.15) is 11.4 Å². The van der Waals surface area contributed by atoms with Crippen molar-refractivity contribution in [2.24, 2.45) is 5.41 Å². The number of hydrogen-bond acceptors (Lipinski definition) is 8. The third-order valence-electron chi connectivity index (χ3n) is 9.05. The number of aryl methyl sites for hydroxylation is 1. The first-order chi connectivity index (χ1) is 21.7. The fourth-order valence-corrected chi connectivity index (χ4v) is 7.11. The van der Waals surface area contributed by atoms with Crippen LogP contribution in [0.15, 0.2) is 36.5 Å². The summed E-state index contributed by atoms with van der Waals surface area (Å²) in [6, 6.07) is 10.9. The number of anilines is 1. The summed E-state index contributed by atoms with van der Waals surface area (Å²) in [6.45, 7) is 8.71. The number of benzene rings is 2. The first-order valence-electron chi connectivity index (χ1n) is 15.6. The third-order valence-corrected chi connectivity index (χ3v) is 9.05. The van der Waals surface area contributed by atoms with E-state index in [1.54, 1.807) is 25.4 Å². The summed E-state index contributed by atoms with van der Waals surface area (Å²) in [5.74, 6) is -2.51. The molecule has 1 unspecified atom stereocenters. The lowest BCUT2D eigenvalue weighted by molar-refractivity contribution is -0.186. The van der Waals surface area contributed by atoms with E-state index >= 15 is 0 Å². The Kier molecular flexibility index (Phi) is 9.06. The Balaban J connectivity index is 1.58. The van der Waals surface area contributed by atoms with Crippen LogP contribution in [-0.4, -0.2) is 60.4 Å². The molecule has 46 heavy (non-hydrogen) atoms. The molecule has 1 saturated carbocycles. The van der Waals surface area contributed by atoms with Gasteiger partial charge in [0, 0.05) is 54.8 Å². The predicted molar refractivity (Wildman–Crippen MR) is 170 cm³/mol. The number of aromatic nitrogens is 1. The minimum Gasteiger partial charge on any atom is -0.496 e. The van der Waals surface area contributed by atoms with Crippen molar-refractivity contribution in [1.82, 2.24) is 9.47 Å². The van der Waals surface area contributed by atoms with Gasteiger partial charge in [-0.15, -0.1) is 0 Å². The standard InChI is InChI=1S/C35H42F2N4O5/c1-22-16-29(44-5)26(24-10-14-41(30(22)24)32(43)46-33(2,3)4)19-40-15-11-34(20-35(36,37)21-34)18-28(40)25-9-8-23(31(42)45-6)17-27(25)39-13-7-12-38/h8-10,14,16-17,28,39H,7,11,13,15,18-21H2,1-6H3. The number of carbonyl (C=O) groups is 2. The van der Waals surface area contributed by atoms with Gasteiger partial charge in [-0.05, 0) is 87.9 Å². The average Bonchev–Trinajstić information content (AvgIpc) is 3.43. The van der Waals surface area contributed by atoms with Gasteiger partial charge in [-0.25, -0.2) is 18.4 Å². The van der Waals surface area contributed by atoms with Crippen LogP contribution in [-0.2, 0) is 16.0 Å². The summed E-state index contributed by atoms with van der Waals surface area (Å²) < 4.78 is 46.6. The van der Waals surface area contributed by atoms with Crippen LogP contribution < -0.4 is 10.1 Å². The summed E-state index contributed by atoms with van der Waals surface area (Å²) in [6.07, 6.45) is 2.29. The SMILES string of the molecule is COC(=O)c1ccc(C2CC3(CCN2Cc2c(OC)cc(C)c4c2ccn4C(=O)OC(C)(C)C)CC(F)(F)C3)c(NCCC#N)c1. The highest BCUT2D eigenvalue weighted by molar-refractivity contribution is 5.95. The van der Waals surface area contributed by atoms with Gasteiger partial charge < -0.3 is 19.5 Å². The molecule has 0 radical (unpaired) electrons. The molecular weight excluding hydrogens is 594 g/mol. The monoisotopic (exact) mass is 636 g/mol. The third kappa shape index (κ3) is 6.68. The number of carbonyl (C=O) groups excluding carboxylic acids is 2. The zero-order valence-corrected chi connectivity index (χ0v) is 27.3. The summed E-state index contributed by atoms with van der Waals surface area (Å²) in [5, 5.41) is 13.3. The number of rotatable bonds is 8. The van der Waals surface area contributed by atoms with E-state index in [1.165, 1.54) is 11.7 Å². The van der Waals surface area contributed by atoms with Crippen LogP contribution in [0, 0.1) is 23.7 Å². The normalized spacial score (nSPS) is 18.9. The highest BCUT2D eigenvalue weighted by Gasteiger charge is 2.58. The minimum atomic E-state index is -2.67. The number of nitriles is 1. The second-order valence-electron chi connectivity index (χ2n) is 13.6. The molecule has 3 aromatic rings. The van der Waals surface area contributed by atoms with E-state index in [9.17, 15) is 18.4 Å². The van der Waals surface area contributed by atoms with Gasteiger partial charge in [-0.1, -0.05) is 6.07 Å². The molecule has 246 valence electrons. The molecule has 5 rings (SSSR count). The smallest absolute Gasteiger partial charge is 0.419 e. The molecule has 1 aromatic heterocycles. The molecule has 2 heterocycles. The topological polar surface area (TPSA) is 106 Å². The fraction of sp³-hybridized carbons (Fsp3) is 0.514. The molecule has 1 aliphatic carbocycles. The van der Waals surface area contributed by atoms with Crippen LogP contribution in [0.25, 0.3) is 10.9 Å². The largest absolute Gasteiger partial charge is 0.496 e. The Morgan fingerprint density at radius 2 is 1.89 bits per heavy atom. The van der Waals surface area contributed by atoms with Crippen LogP contribution >= 0.6 is 0 Å². The van der Waals surface area contributed by atoms with Crippen molar-refractivity contribution in [3.05, 3.63) is 58.8 Å².